The summed E-state index contributed by atoms with van der Waals surface area (Å²) >= 11 is 0. The first-order valence-electron chi connectivity index (χ1n) is 7.55. The van der Waals surface area contributed by atoms with Gasteiger partial charge in [0.2, 0.25) is 23.5 Å². The van der Waals surface area contributed by atoms with Crippen molar-refractivity contribution in [3.05, 3.63) is 36.2 Å². The first-order chi connectivity index (χ1) is 11.1. The van der Waals surface area contributed by atoms with Crippen LogP contribution in [0.25, 0.3) is 11.4 Å². The summed E-state index contributed by atoms with van der Waals surface area (Å²) < 4.78 is 5.14. The maximum Gasteiger partial charge on any atom is 0.242 e. The Labute approximate surface area is 134 Å². The van der Waals surface area contributed by atoms with Gasteiger partial charge in [-0.25, -0.2) is 0 Å². The number of carbonyl (C=O) groups excluding carboxylic acids is 2. The maximum absolute atomic E-state index is 11.8. The maximum atomic E-state index is 11.8. The first-order valence-corrected chi connectivity index (χ1v) is 7.55. The highest BCUT2D eigenvalue weighted by Gasteiger charge is 2.15. The highest BCUT2D eigenvalue weighted by molar-refractivity contribution is 5.87. The van der Waals surface area contributed by atoms with Gasteiger partial charge in [0.25, 0.3) is 0 Å². The molecule has 0 spiro atoms. The van der Waals surface area contributed by atoms with Crippen LogP contribution in [-0.4, -0.2) is 34.5 Å². The molecule has 23 heavy (non-hydrogen) atoms. The minimum absolute atomic E-state index is 0.181. The summed E-state index contributed by atoms with van der Waals surface area (Å²) in [4.78, 5) is 27.6. The van der Waals surface area contributed by atoms with Crippen molar-refractivity contribution in [2.45, 2.75) is 32.7 Å². The third kappa shape index (κ3) is 4.91. The number of nitrogens with zero attached hydrogens (tertiary/aromatic N) is 2. The molecular weight excluding hydrogens is 296 g/mol. The number of hydrogen-bond acceptors (Lipinski definition) is 5. The number of likely N-dealkylation sites (N-methyl/N-ethyl adjacent to an activating group) is 1. The molecule has 0 fully saturated rings. The summed E-state index contributed by atoms with van der Waals surface area (Å²) in [7, 11) is 0. The quantitative estimate of drug-likeness (QED) is 0.802. The molecule has 7 nitrogen and oxygen atoms in total. The fourth-order valence-corrected chi connectivity index (χ4v) is 1.99. The minimum Gasteiger partial charge on any atom is -0.355 e. The third-order valence-corrected chi connectivity index (χ3v) is 3.19. The normalized spacial score (nSPS) is 11.7. The van der Waals surface area contributed by atoms with E-state index in [9.17, 15) is 9.59 Å². The van der Waals surface area contributed by atoms with Crippen LogP contribution >= 0.6 is 0 Å². The van der Waals surface area contributed by atoms with Crippen molar-refractivity contribution in [1.82, 2.24) is 20.8 Å². The molecule has 0 unspecified atom stereocenters. The average molecular weight is 316 g/mol. The number of aryl methyl sites for hydroxylation is 1. The summed E-state index contributed by atoms with van der Waals surface area (Å²) in [6.07, 6.45) is 0.508. The van der Waals surface area contributed by atoms with Gasteiger partial charge in [0.15, 0.2) is 0 Å². The molecule has 0 bridgehead atoms. The van der Waals surface area contributed by atoms with E-state index in [0.29, 0.717) is 24.7 Å². The molecule has 0 aliphatic carbocycles. The van der Waals surface area contributed by atoms with Crippen LogP contribution in [0.3, 0.4) is 0 Å². The highest BCUT2D eigenvalue weighted by Crippen LogP contribution is 2.15. The second-order valence-corrected chi connectivity index (χ2v) is 5.06. The molecule has 2 amide bonds. The molecule has 122 valence electrons. The van der Waals surface area contributed by atoms with Crippen LogP contribution < -0.4 is 10.6 Å². The van der Waals surface area contributed by atoms with Crippen LogP contribution in [0.15, 0.2) is 34.9 Å². The lowest BCUT2D eigenvalue weighted by molar-refractivity contribution is -0.128. The zero-order valence-corrected chi connectivity index (χ0v) is 13.2. The molecule has 0 saturated carbocycles. The number of benzene rings is 1. The number of carbonyl (C=O) groups is 2. The van der Waals surface area contributed by atoms with Crippen molar-refractivity contribution in [3.8, 4) is 11.4 Å². The van der Waals surface area contributed by atoms with Crippen LogP contribution in [0, 0.1) is 0 Å². The molecule has 1 heterocycles. The fraction of sp³-hybridized carbons (Fsp3) is 0.375. The lowest BCUT2D eigenvalue weighted by Crippen LogP contribution is -2.44. The van der Waals surface area contributed by atoms with E-state index in [4.69, 9.17) is 4.52 Å². The van der Waals surface area contributed by atoms with Crippen LogP contribution in [0.5, 0.6) is 0 Å². The van der Waals surface area contributed by atoms with Gasteiger partial charge in [-0.15, -0.1) is 0 Å². The number of nitrogens with one attached hydrogen (secondary N) is 2. The topological polar surface area (TPSA) is 97.1 Å². The Kier molecular flexibility index (Phi) is 5.85. The third-order valence-electron chi connectivity index (χ3n) is 3.19. The summed E-state index contributed by atoms with van der Waals surface area (Å²) in [6.45, 7) is 4.00. The van der Waals surface area contributed by atoms with Crippen LogP contribution in [-0.2, 0) is 16.0 Å². The molecule has 1 aromatic heterocycles. The van der Waals surface area contributed by atoms with Gasteiger partial charge in [-0.05, 0) is 13.8 Å². The van der Waals surface area contributed by atoms with Crippen LogP contribution in [0.4, 0.5) is 0 Å². The number of rotatable bonds is 7. The largest absolute Gasteiger partial charge is 0.355 e. The lowest BCUT2D eigenvalue weighted by atomic mass is 10.2. The van der Waals surface area contributed by atoms with E-state index in [1.807, 2.05) is 37.3 Å². The fourth-order valence-electron chi connectivity index (χ4n) is 1.99. The Morgan fingerprint density at radius 1 is 1.26 bits per heavy atom. The Morgan fingerprint density at radius 3 is 2.70 bits per heavy atom. The zero-order chi connectivity index (χ0) is 16.7. The highest BCUT2D eigenvalue weighted by atomic mass is 16.5. The molecule has 7 heteroatoms. The second-order valence-electron chi connectivity index (χ2n) is 5.06. The molecule has 0 radical (unpaired) electrons. The van der Waals surface area contributed by atoms with Crippen molar-refractivity contribution in [2.75, 3.05) is 6.54 Å². The van der Waals surface area contributed by atoms with Crippen molar-refractivity contribution in [1.29, 1.82) is 0 Å². The van der Waals surface area contributed by atoms with Gasteiger partial charge >= 0.3 is 0 Å². The van der Waals surface area contributed by atoms with E-state index in [1.165, 1.54) is 0 Å². The van der Waals surface area contributed by atoms with E-state index >= 15 is 0 Å². The van der Waals surface area contributed by atoms with Gasteiger partial charge in [0, 0.05) is 24.9 Å². The molecule has 2 rings (SSSR count). The van der Waals surface area contributed by atoms with Crippen LogP contribution in [0.2, 0.25) is 0 Å². The van der Waals surface area contributed by atoms with E-state index in [2.05, 4.69) is 20.8 Å². The van der Waals surface area contributed by atoms with Gasteiger partial charge in [0.1, 0.15) is 6.04 Å². The van der Waals surface area contributed by atoms with Gasteiger partial charge in [-0.3, -0.25) is 9.59 Å². The van der Waals surface area contributed by atoms with Crippen molar-refractivity contribution in [2.24, 2.45) is 0 Å². The first kappa shape index (κ1) is 16.7. The van der Waals surface area contributed by atoms with Gasteiger partial charge < -0.3 is 15.2 Å². The Hall–Kier alpha value is -2.70. The number of amides is 2. The molecule has 0 saturated heterocycles. The number of aromatic nitrogens is 2. The van der Waals surface area contributed by atoms with Gasteiger partial charge in [-0.1, -0.05) is 35.5 Å². The summed E-state index contributed by atoms with van der Waals surface area (Å²) in [6, 6.07) is 8.89. The molecule has 1 atom stereocenters. The molecular formula is C16H20N4O3. The molecule has 1 aromatic carbocycles. The summed E-state index contributed by atoms with van der Waals surface area (Å²) in [5.41, 5.74) is 0.858. The van der Waals surface area contributed by atoms with Crippen molar-refractivity contribution in [3.63, 3.8) is 0 Å². The van der Waals surface area contributed by atoms with Crippen LogP contribution in [0.1, 0.15) is 26.2 Å². The van der Waals surface area contributed by atoms with E-state index in [1.54, 1.807) is 6.92 Å². The Balaban J connectivity index is 1.83. The van der Waals surface area contributed by atoms with E-state index in [0.717, 1.165) is 5.56 Å². The summed E-state index contributed by atoms with van der Waals surface area (Å²) in [5, 5.41) is 9.18. The average Bonchev–Trinajstić information content (AvgIpc) is 3.03. The molecule has 0 aliphatic heterocycles. The predicted molar refractivity (Wildman–Crippen MR) is 84.3 cm³/mol. The van der Waals surface area contributed by atoms with Gasteiger partial charge in [-0.2, -0.15) is 4.98 Å². The van der Waals surface area contributed by atoms with Crippen molar-refractivity contribution >= 4 is 11.8 Å². The van der Waals surface area contributed by atoms with E-state index in [-0.39, 0.29) is 18.2 Å². The molecule has 0 aliphatic rings. The van der Waals surface area contributed by atoms with Crippen molar-refractivity contribution < 1.29 is 14.1 Å². The Morgan fingerprint density at radius 2 is 2.00 bits per heavy atom. The Bertz CT molecular complexity index is 654. The number of hydrogen-bond donors (Lipinski definition) is 2. The van der Waals surface area contributed by atoms with Gasteiger partial charge in [0.05, 0.1) is 0 Å². The molecule has 2 N–H and O–H groups in total. The SMILES string of the molecule is CCNC(=O)[C@H](C)NC(=O)CCc1nc(-c2ccccc2)no1. The smallest absolute Gasteiger partial charge is 0.242 e. The molecule has 2 aromatic rings. The minimum atomic E-state index is -0.565. The standard InChI is InChI=1S/C16H20N4O3/c1-3-17-16(22)11(2)18-13(21)9-10-14-19-15(20-23-14)12-7-5-4-6-8-12/h4-8,11H,3,9-10H2,1-2H3,(H,17,22)(H,18,21)/t11-/m0/s1. The summed E-state index contributed by atoms with van der Waals surface area (Å²) in [5.74, 6) is 0.453. The lowest BCUT2D eigenvalue weighted by Gasteiger charge is -2.12. The zero-order valence-electron chi connectivity index (χ0n) is 13.2. The monoisotopic (exact) mass is 316 g/mol. The van der Waals surface area contributed by atoms with E-state index < -0.39 is 6.04 Å². The second kappa shape index (κ2) is 8.07. The predicted octanol–water partition coefficient (Wildman–Crippen LogP) is 1.31.